The number of carboxylic acids is 1. The van der Waals surface area contributed by atoms with Crippen molar-refractivity contribution in [1.82, 2.24) is 9.78 Å². The highest BCUT2D eigenvalue weighted by atomic mass is 35.5. The molecule has 2 N–H and O–H groups in total. The number of unbranched alkanes of at least 4 members (excludes halogenated alkanes) is 1. The van der Waals surface area contributed by atoms with Crippen molar-refractivity contribution in [3.05, 3.63) is 81.8 Å². The van der Waals surface area contributed by atoms with Crippen LogP contribution in [0.25, 0.3) is 10.9 Å². The Balaban J connectivity index is 1.55. The first-order valence-corrected chi connectivity index (χ1v) is 12.8. The van der Waals surface area contributed by atoms with Crippen molar-refractivity contribution >= 4 is 57.6 Å². The molecule has 0 spiro atoms. The molecule has 1 aromatic heterocycles. The van der Waals surface area contributed by atoms with Crippen molar-refractivity contribution in [2.75, 3.05) is 12.4 Å². The minimum absolute atomic E-state index is 0.0369. The van der Waals surface area contributed by atoms with E-state index < -0.39 is 11.9 Å². The fraction of sp³-hybridized carbons (Fsp3) is 0.214. The van der Waals surface area contributed by atoms with Gasteiger partial charge in [0, 0.05) is 18.5 Å². The average molecular weight is 570 g/mol. The van der Waals surface area contributed by atoms with Gasteiger partial charge in [-0.05, 0) is 60.9 Å². The van der Waals surface area contributed by atoms with Crippen LogP contribution in [0.5, 0.6) is 11.6 Å². The first-order valence-electron chi connectivity index (χ1n) is 12.1. The molecule has 0 atom stereocenters. The normalized spacial score (nSPS) is 10.8. The van der Waals surface area contributed by atoms with E-state index in [1.54, 1.807) is 41.1 Å². The Morgan fingerprint density at radius 2 is 1.69 bits per heavy atom. The summed E-state index contributed by atoms with van der Waals surface area (Å²) in [6, 6.07) is 17.3. The van der Waals surface area contributed by atoms with Crippen LogP contribution in [0.1, 0.15) is 41.6 Å². The van der Waals surface area contributed by atoms with Crippen molar-refractivity contribution < 1.29 is 29.0 Å². The van der Waals surface area contributed by atoms with Gasteiger partial charge in [-0.3, -0.25) is 14.3 Å². The molecule has 0 unspecified atom stereocenters. The smallest absolute Gasteiger partial charge is 0.347 e. The zero-order chi connectivity index (χ0) is 27.9. The predicted octanol–water partition coefficient (Wildman–Crippen LogP) is 6.20. The van der Waals surface area contributed by atoms with Crippen molar-refractivity contribution in [3.8, 4) is 11.6 Å². The van der Waals surface area contributed by atoms with E-state index in [0.29, 0.717) is 41.7 Å². The molecule has 0 fully saturated rings. The number of aliphatic carboxylic acids is 1. The maximum absolute atomic E-state index is 13.0. The summed E-state index contributed by atoms with van der Waals surface area (Å²) in [4.78, 5) is 35.9. The summed E-state index contributed by atoms with van der Waals surface area (Å²) in [6.07, 6.45) is 1.19. The predicted molar refractivity (Wildman–Crippen MR) is 148 cm³/mol. The standard InChI is InChI=1S/C28H25Cl2N3O6/c1-38-19-12-13-23-20(15-19)27(39-28(37)26-21(29)8-5-9-22(26)30)32-33(23)16-17-6-4-7-18(14-17)31-24(34)10-2-3-11-25(35)36/h4-9,12-15H,2-3,10-11,16H2,1H3,(H,31,34)(H,35,36). The number of ether oxygens (including phenoxy) is 2. The molecular formula is C28H25Cl2N3O6. The van der Waals surface area contributed by atoms with Gasteiger partial charge in [0.05, 0.1) is 40.2 Å². The fourth-order valence-electron chi connectivity index (χ4n) is 3.99. The molecule has 1 amide bonds. The highest BCUT2D eigenvalue weighted by Gasteiger charge is 2.21. The number of nitrogens with one attached hydrogen (secondary N) is 1. The quantitative estimate of drug-likeness (QED) is 0.163. The summed E-state index contributed by atoms with van der Waals surface area (Å²) in [5.74, 6) is -1.19. The van der Waals surface area contributed by atoms with E-state index in [-0.39, 0.29) is 40.2 Å². The fourth-order valence-corrected chi connectivity index (χ4v) is 4.54. The van der Waals surface area contributed by atoms with Crippen LogP contribution >= 0.6 is 23.2 Å². The zero-order valence-corrected chi connectivity index (χ0v) is 22.5. The first kappa shape index (κ1) is 27.9. The topological polar surface area (TPSA) is 120 Å². The van der Waals surface area contributed by atoms with Crippen LogP contribution in [-0.4, -0.2) is 39.8 Å². The molecule has 1 heterocycles. The average Bonchev–Trinajstić information content (AvgIpc) is 3.22. The summed E-state index contributed by atoms with van der Waals surface area (Å²) < 4.78 is 12.7. The van der Waals surface area contributed by atoms with E-state index in [9.17, 15) is 14.4 Å². The number of nitrogens with zero attached hydrogens (tertiary/aromatic N) is 2. The maximum atomic E-state index is 13.0. The van der Waals surface area contributed by atoms with Gasteiger partial charge in [-0.1, -0.05) is 41.4 Å². The number of hydrogen-bond acceptors (Lipinski definition) is 6. The Morgan fingerprint density at radius 1 is 0.974 bits per heavy atom. The molecule has 39 heavy (non-hydrogen) atoms. The number of fused-ring (bicyclic) bond motifs is 1. The van der Waals surface area contributed by atoms with Gasteiger partial charge in [-0.15, -0.1) is 5.10 Å². The molecule has 9 nitrogen and oxygen atoms in total. The molecule has 0 aliphatic carbocycles. The van der Waals surface area contributed by atoms with Gasteiger partial charge in [-0.2, -0.15) is 0 Å². The van der Waals surface area contributed by atoms with Crippen LogP contribution in [0.3, 0.4) is 0 Å². The summed E-state index contributed by atoms with van der Waals surface area (Å²) in [7, 11) is 1.53. The molecule has 0 bridgehead atoms. The van der Waals surface area contributed by atoms with E-state index >= 15 is 0 Å². The number of anilines is 1. The first-order chi connectivity index (χ1) is 18.7. The molecule has 4 rings (SSSR count). The molecule has 3 aromatic carbocycles. The monoisotopic (exact) mass is 569 g/mol. The number of methoxy groups -OCH3 is 1. The number of benzene rings is 3. The molecule has 11 heteroatoms. The molecule has 0 radical (unpaired) electrons. The molecule has 0 aliphatic heterocycles. The van der Waals surface area contributed by atoms with Crippen molar-refractivity contribution in [2.24, 2.45) is 0 Å². The highest BCUT2D eigenvalue weighted by molar-refractivity contribution is 6.39. The number of carboxylic acid groups (broad SMARTS) is 1. The van der Waals surface area contributed by atoms with E-state index in [4.69, 9.17) is 37.8 Å². The van der Waals surface area contributed by atoms with Gasteiger partial charge in [-0.25, -0.2) is 4.79 Å². The lowest BCUT2D eigenvalue weighted by Crippen LogP contribution is -2.12. The van der Waals surface area contributed by atoms with Crippen LogP contribution in [-0.2, 0) is 16.1 Å². The Kier molecular flexibility index (Phi) is 9.06. The number of hydrogen-bond donors (Lipinski definition) is 2. The molecule has 202 valence electrons. The lowest BCUT2D eigenvalue weighted by Gasteiger charge is -2.09. The lowest BCUT2D eigenvalue weighted by molar-refractivity contribution is -0.137. The number of carbonyl (C=O) groups excluding carboxylic acids is 2. The van der Waals surface area contributed by atoms with Gasteiger partial charge in [0.25, 0.3) is 0 Å². The van der Waals surface area contributed by atoms with E-state index in [1.807, 2.05) is 24.3 Å². The van der Waals surface area contributed by atoms with Gasteiger partial charge in [0.2, 0.25) is 11.8 Å². The summed E-state index contributed by atoms with van der Waals surface area (Å²) >= 11 is 12.4. The van der Waals surface area contributed by atoms with Gasteiger partial charge in [0.1, 0.15) is 5.75 Å². The van der Waals surface area contributed by atoms with Crippen LogP contribution in [0.15, 0.2) is 60.7 Å². The number of aromatic nitrogens is 2. The third-order valence-electron chi connectivity index (χ3n) is 5.87. The van der Waals surface area contributed by atoms with E-state index in [1.165, 1.54) is 7.11 Å². The Labute approximate surface area is 234 Å². The van der Waals surface area contributed by atoms with Crippen LogP contribution in [0, 0.1) is 0 Å². The minimum Gasteiger partial charge on any atom is -0.497 e. The second kappa shape index (κ2) is 12.6. The van der Waals surface area contributed by atoms with Gasteiger partial charge >= 0.3 is 11.9 Å². The van der Waals surface area contributed by atoms with Gasteiger partial charge in [0.15, 0.2) is 0 Å². The van der Waals surface area contributed by atoms with Gasteiger partial charge < -0.3 is 19.9 Å². The highest BCUT2D eigenvalue weighted by Crippen LogP contribution is 2.32. The summed E-state index contributed by atoms with van der Waals surface area (Å²) in [5.41, 5.74) is 2.18. The number of amides is 1. The van der Waals surface area contributed by atoms with Crippen molar-refractivity contribution in [2.45, 2.75) is 32.2 Å². The third-order valence-corrected chi connectivity index (χ3v) is 6.50. The number of halogens is 2. The Morgan fingerprint density at radius 3 is 2.41 bits per heavy atom. The third kappa shape index (κ3) is 7.07. The summed E-state index contributed by atoms with van der Waals surface area (Å²) in [6.45, 7) is 0.315. The van der Waals surface area contributed by atoms with Crippen LogP contribution in [0.4, 0.5) is 5.69 Å². The zero-order valence-electron chi connectivity index (χ0n) is 20.9. The molecular weight excluding hydrogens is 545 g/mol. The second-order valence-corrected chi connectivity index (χ2v) is 9.50. The Hall–Kier alpha value is -4.08. The van der Waals surface area contributed by atoms with Crippen LogP contribution in [0.2, 0.25) is 10.0 Å². The van der Waals surface area contributed by atoms with E-state index in [0.717, 1.165) is 5.56 Å². The number of rotatable bonds is 11. The SMILES string of the molecule is COc1ccc2c(c1)c(OC(=O)c1c(Cl)cccc1Cl)nn2Cc1cccc(NC(=O)CCCCC(=O)O)c1. The van der Waals surface area contributed by atoms with Crippen molar-refractivity contribution in [1.29, 1.82) is 0 Å². The number of esters is 1. The molecule has 4 aromatic rings. The molecule has 0 saturated carbocycles. The maximum Gasteiger partial charge on any atom is 0.347 e. The molecule has 0 saturated heterocycles. The summed E-state index contributed by atoms with van der Waals surface area (Å²) in [5, 5.41) is 17.0. The lowest BCUT2D eigenvalue weighted by atomic mass is 10.1. The number of carbonyl (C=O) groups is 3. The van der Waals surface area contributed by atoms with E-state index in [2.05, 4.69) is 10.4 Å². The van der Waals surface area contributed by atoms with Crippen LogP contribution < -0.4 is 14.8 Å². The second-order valence-electron chi connectivity index (χ2n) is 8.68. The van der Waals surface area contributed by atoms with Crippen molar-refractivity contribution in [3.63, 3.8) is 0 Å². The largest absolute Gasteiger partial charge is 0.497 e. The minimum atomic E-state index is -0.877. The molecule has 0 aliphatic rings. The Bertz CT molecular complexity index is 1520.